The topological polar surface area (TPSA) is 62.3 Å². The molecule has 2 aromatic heterocycles. The average Bonchev–Trinajstić information content (AvgIpc) is 3.46. The summed E-state index contributed by atoms with van der Waals surface area (Å²) in [5.74, 6) is -0.973. The second-order valence-corrected chi connectivity index (χ2v) is 9.65. The summed E-state index contributed by atoms with van der Waals surface area (Å²) in [4.78, 5) is 32.5. The fourth-order valence-corrected chi connectivity index (χ4v) is 5.54. The molecule has 3 heterocycles. The molecule has 0 spiro atoms. The number of piperidine rings is 1. The van der Waals surface area contributed by atoms with E-state index in [1.54, 1.807) is 21.6 Å². The molecule has 4 rings (SSSR count). The molecule has 3 aromatic rings. The highest BCUT2D eigenvalue weighted by Crippen LogP contribution is 2.31. The molecule has 0 bridgehead atoms. The fourth-order valence-electron chi connectivity index (χ4n) is 3.61. The third kappa shape index (κ3) is 5.14. The number of aromatic nitrogens is 1. The number of halogens is 2. The molecular weight excluding hydrogens is 457 g/mol. The molecule has 31 heavy (non-hydrogen) atoms. The summed E-state index contributed by atoms with van der Waals surface area (Å²) < 4.78 is 14.1. The molecule has 0 aliphatic carbocycles. The van der Waals surface area contributed by atoms with Crippen LogP contribution < -0.4 is 5.32 Å². The van der Waals surface area contributed by atoms with Gasteiger partial charge in [-0.2, -0.15) is 0 Å². The van der Waals surface area contributed by atoms with E-state index < -0.39 is 5.82 Å². The number of thiazole rings is 1. The lowest BCUT2D eigenvalue weighted by Crippen LogP contribution is -2.38. The van der Waals surface area contributed by atoms with Gasteiger partial charge in [0.15, 0.2) is 0 Å². The molecule has 0 radical (unpaired) electrons. The maximum absolute atomic E-state index is 14.1. The van der Waals surface area contributed by atoms with Crippen molar-refractivity contribution in [2.75, 3.05) is 19.6 Å². The maximum atomic E-state index is 14.1. The third-order valence-corrected chi connectivity index (χ3v) is 7.56. The van der Waals surface area contributed by atoms with E-state index in [9.17, 15) is 14.0 Å². The van der Waals surface area contributed by atoms with E-state index in [0.717, 1.165) is 11.4 Å². The van der Waals surface area contributed by atoms with E-state index in [1.165, 1.54) is 34.4 Å². The summed E-state index contributed by atoms with van der Waals surface area (Å²) in [6.45, 7) is 1.57. The lowest BCUT2D eigenvalue weighted by Gasteiger charge is -2.31. The standard InChI is InChI=1S/C22H21ClFN3O2S2/c23-16-4-1-5-17(24)19(16)22(29)27-10-7-14(8-11-27)21-26-18(13-31-21)20(28)25-9-6-15-3-2-12-30-15/h1-5,12-14H,6-11H2,(H,25,28). The molecule has 2 amide bonds. The van der Waals surface area contributed by atoms with Crippen LogP contribution in [0.15, 0.2) is 41.1 Å². The molecule has 0 saturated carbocycles. The lowest BCUT2D eigenvalue weighted by atomic mass is 9.97. The Morgan fingerprint density at radius 2 is 2.00 bits per heavy atom. The maximum Gasteiger partial charge on any atom is 0.270 e. The minimum atomic E-state index is -0.603. The van der Waals surface area contributed by atoms with E-state index in [1.807, 2.05) is 11.4 Å². The van der Waals surface area contributed by atoms with E-state index in [2.05, 4.69) is 16.4 Å². The number of nitrogens with zero attached hydrogens (tertiary/aromatic N) is 2. The zero-order valence-corrected chi connectivity index (χ0v) is 19.0. The number of rotatable bonds is 6. The molecule has 1 fully saturated rings. The molecular formula is C22H21ClFN3O2S2. The van der Waals surface area contributed by atoms with Crippen molar-refractivity contribution in [3.8, 4) is 0 Å². The number of nitrogens with one attached hydrogen (secondary N) is 1. The predicted molar refractivity (Wildman–Crippen MR) is 122 cm³/mol. The molecule has 1 aliphatic heterocycles. The number of thiophene rings is 1. The SMILES string of the molecule is O=C(NCCc1cccs1)c1csc(C2CCN(C(=O)c3c(F)cccc3Cl)CC2)n1. The van der Waals surface area contributed by atoms with Crippen molar-refractivity contribution >= 4 is 46.1 Å². The number of carbonyl (C=O) groups is 2. The molecule has 1 saturated heterocycles. The van der Waals surface area contributed by atoms with Crippen LogP contribution in [0.3, 0.4) is 0 Å². The number of hydrogen-bond acceptors (Lipinski definition) is 5. The second kappa shape index (κ2) is 9.89. The van der Waals surface area contributed by atoms with Crippen LogP contribution in [0.1, 0.15) is 49.5 Å². The molecule has 0 unspecified atom stereocenters. The molecule has 1 aromatic carbocycles. The Morgan fingerprint density at radius 1 is 1.19 bits per heavy atom. The van der Waals surface area contributed by atoms with Gasteiger partial charge in [0.2, 0.25) is 0 Å². The van der Waals surface area contributed by atoms with Gasteiger partial charge in [-0.25, -0.2) is 9.37 Å². The molecule has 9 heteroatoms. The first-order valence-corrected chi connectivity index (χ1v) is 12.2. The van der Waals surface area contributed by atoms with Crippen LogP contribution in [0.2, 0.25) is 5.02 Å². The Hall–Kier alpha value is -2.29. The van der Waals surface area contributed by atoms with Crippen molar-refractivity contribution in [3.63, 3.8) is 0 Å². The first-order chi connectivity index (χ1) is 15.0. The zero-order valence-electron chi connectivity index (χ0n) is 16.6. The monoisotopic (exact) mass is 477 g/mol. The fraction of sp³-hybridized carbons (Fsp3) is 0.318. The molecule has 1 N–H and O–H groups in total. The van der Waals surface area contributed by atoms with Gasteiger partial charge in [0.1, 0.15) is 11.5 Å². The van der Waals surface area contributed by atoms with E-state index >= 15 is 0 Å². The molecule has 1 aliphatic rings. The van der Waals surface area contributed by atoms with E-state index in [-0.39, 0.29) is 28.3 Å². The summed E-state index contributed by atoms with van der Waals surface area (Å²) in [5.41, 5.74) is 0.362. The van der Waals surface area contributed by atoms with Crippen LogP contribution >= 0.6 is 34.3 Å². The minimum Gasteiger partial charge on any atom is -0.350 e. The van der Waals surface area contributed by atoms with Crippen molar-refractivity contribution in [3.05, 3.63) is 73.1 Å². The Kier molecular flexibility index (Phi) is 6.99. The van der Waals surface area contributed by atoms with E-state index in [4.69, 9.17) is 11.6 Å². The van der Waals surface area contributed by atoms with Gasteiger partial charge in [-0.15, -0.1) is 22.7 Å². The van der Waals surface area contributed by atoms with Gasteiger partial charge < -0.3 is 10.2 Å². The van der Waals surface area contributed by atoms with E-state index in [0.29, 0.717) is 38.2 Å². The number of likely N-dealkylation sites (tertiary alicyclic amines) is 1. The van der Waals surface area contributed by atoms with Crippen molar-refractivity contribution < 1.29 is 14.0 Å². The second-order valence-electron chi connectivity index (χ2n) is 7.32. The normalized spacial score (nSPS) is 14.6. The Labute approximate surface area is 192 Å². The lowest BCUT2D eigenvalue weighted by molar-refractivity contribution is 0.0708. The smallest absolute Gasteiger partial charge is 0.270 e. The van der Waals surface area contributed by atoms with Crippen LogP contribution in [0, 0.1) is 5.82 Å². The summed E-state index contributed by atoms with van der Waals surface area (Å²) in [5, 5.41) is 7.75. The number of hydrogen-bond donors (Lipinski definition) is 1. The van der Waals surface area contributed by atoms with Gasteiger partial charge in [0, 0.05) is 35.8 Å². The van der Waals surface area contributed by atoms with Crippen LogP contribution in [0.4, 0.5) is 4.39 Å². The summed E-state index contributed by atoms with van der Waals surface area (Å²) in [7, 11) is 0. The van der Waals surface area contributed by atoms with Crippen LogP contribution in [0.5, 0.6) is 0 Å². The number of benzene rings is 1. The van der Waals surface area contributed by atoms with Gasteiger partial charge in [0.05, 0.1) is 15.6 Å². The highest BCUT2D eigenvalue weighted by molar-refractivity contribution is 7.10. The Balaban J connectivity index is 1.30. The van der Waals surface area contributed by atoms with Crippen molar-refractivity contribution in [2.24, 2.45) is 0 Å². The van der Waals surface area contributed by atoms with Crippen LogP contribution in [-0.4, -0.2) is 41.3 Å². The summed E-state index contributed by atoms with van der Waals surface area (Å²) >= 11 is 9.18. The molecule has 5 nitrogen and oxygen atoms in total. The van der Waals surface area contributed by atoms with Gasteiger partial charge >= 0.3 is 0 Å². The van der Waals surface area contributed by atoms with Crippen LogP contribution in [0.25, 0.3) is 0 Å². The highest BCUT2D eigenvalue weighted by atomic mass is 35.5. The van der Waals surface area contributed by atoms with Crippen LogP contribution in [-0.2, 0) is 6.42 Å². The van der Waals surface area contributed by atoms with Crippen molar-refractivity contribution in [1.29, 1.82) is 0 Å². The third-order valence-electron chi connectivity index (χ3n) is 5.30. The van der Waals surface area contributed by atoms with Crippen molar-refractivity contribution in [2.45, 2.75) is 25.2 Å². The average molecular weight is 478 g/mol. The first-order valence-electron chi connectivity index (χ1n) is 10.0. The first kappa shape index (κ1) is 21.9. The van der Waals surface area contributed by atoms with Crippen molar-refractivity contribution in [1.82, 2.24) is 15.2 Å². The van der Waals surface area contributed by atoms with Gasteiger partial charge in [-0.05, 0) is 42.8 Å². The summed E-state index contributed by atoms with van der Waals surface area (Å²) in [6.07, 6.45) is 2.23. The Bertz CT molecular complexity index is 1040. The number of amides is 2. The number of carbonyl (C=O) groups excluding carboxylic acids is 2. The van der Waals surface area contributed by atoms with Gasteiger partial charge in [0.25, 0.3) is 11.8 Å². The van der Waals surface area contributed by atoms with Gasteiger partial charge in [-0.3, -0.25) is 9.59 Å². The zero-order chi connectivity index (χ0) is 21.8. The largest absolute Gasteiger partial charge is 0.350 e. The quantitative estimate of drug-likeness (QED) is 0.544. The summed E-state index contributed by atoms with van der Waals surface area (Å²) in [6, 6.07) is 8.30. The minimum absolute atomic E-state index is 0.0710. The highest BCUT2D eigenvalue weighted by Gasteiger charge is 2.29. The molecule has 0 atom stereocenters. The van der Waals surface area contributed by atoms with Gasteiger partial charge in [-0.1, -0.05) is 23.7 Å². The molecule has 162 valence electrons. The Morgan fingerprint density at radius 3 is 2.71 bits per heavy atom. The predicted octanol–water partition coefficient (Wildman–Crippen LogP) is 4.99.